The van der Waals surface area contributed by atoms with Gasteiger partial charge in [-0.25, -0.2) is 10.2 Å². The van der Waals surface area contributed by atoms with Crippen LogP contribution in [0.5, 0.6) is 0 Å². The molecule has 4 nitrogen and oxygen atoms in total. The normalized spacial score (nSPS) is 9.30. The van der Waals surface area contributed by atoms with Crippen molar-refractivity contribution < 1.29 is 9.90 Å². The summed E-state index contributed by atoms with van der Waals surface area (Å²) in [5, 5.41) is 8.10. The van der Waals surface area contributed by atoms with Crippen LogP contribution >= 0.6 is 0 Å². The number of amides is 1. The second-order valence-corrected chi connectivity index (χ2v) is 2.06. The van der Waals surface area contributed by atoms with Crippen molar-refractivity contribution in [2.24, 2.45) is 0 Å². The van der Waals surface area contributed by atoms with E-state index in [0.29, 0.717) is 6.54 Å². The first-order chi connectivity index (χ1) is 4.77. The zero-order chi connectivity index (χ0) is 7.82. The van der Waals surface area contributed by atoms with Gasteiger partial charge in [-0.1, -0.05) is 19.8 Å². The van der Waals surface area contributed by atoms with Crippen LogP contribution in [0.4, 0.5) is 4.79 Å². The molecule has 0 heterocycles. The van der Waals surface area contributed by atoms with Crippen LogP contribution in [-0.4, -0.2) is 17.7 Å². The Hall–Kier alpha value is -0.770. The lowest BCUT2D eigenvalue weighted by Gasteiger charge is -2.01. The third-order valence-electron chi connectivity index (χ3n) is 1.10. The molecular weight excluding hydrogens is 132 g/mol. The largest absolute Gasteiger partial charge is 0.464 e. The molecule has 0 rings (SSSR count). The van der Waals surface area contributed by atoms with Crippen molar-refractivity contribution in [2.75, 3.05) is 6.54 Å². The van der Waals surface area contributed by atoms with Crippen LogP contribution in [0.2, 0.25) is 0 Å². The molecule has 0 spiro atoms. The highest BCUT2D eigenvalue weighted by Crippen LogP contribution is 1.89. The molecule has 3 N–H and O–H groups in total. The first kappa shape index (κ1) is 9.23. The van der Waals surface area contributed by atoms with Crippen molar-refractivity contribution in [3.05, 3.63) is 0 Å². The molecule has 0 saturated heterocycles. The first-order valence-electron chi connectivity index (χ1n) is 3.49. The van der Waals surface area contributed by atoms with Gasteiger partial charge in [0.2, 0.25) is 0 Å². The van der Waals surface area contributed by atoms with Gasteiger partial charge in [0.1, 0.15) is 0 Å². The lowest BCUT2D eigenvalue weighted by molar-refractivity contribution is 0.189. The molecule has 4 heteroatoms. The van der Waals surface area contributed by atoms with E-state index in [1.54, 1.807) is 0 Å². The molecule has 0 aliphatic heterocycles. The van der Waals surface area contributed by atoms with Crippen molar-refractivity contribution >= 4 is 6.09 Å². The predicted octanol–water partition coefficient (Wildman–Crippen LogP) is 0.949. The molecule has 0 aliphatic carbocycles. The van der Waals surface area contributed by atoms with Gasteiger partial charge < -0.3 is 5.11 Å². The maximum absolute atomic E-state index is 9.86. The Bertz CT molecular complexity index is 95.7. The smallest absolute Gasteiger partial charge is 0.419 e. The van der Waals surface area contributed by atoms with Gasteiger partial charge >= 0.3 is 6.09 Å². The van der Waals surface area contributed by atoms with Crippen molar-refractivity contribution in [3.8, 4) is 0 Å². The van der Waals surface area contributed by atoms with Crippen LogP contribution in [-0.2, 0) is 0 Å². The molecule has 0 aromatic carbocycles. The van der Waals surface area contributed by atoms with Gasteiger partial charge in [0.15, 0.2) is 0 Å². The summed E-state index contributed by atoms with van der Waals surface area (Å²) in [7, 11) is 0. The molecule has 0 aromatic heterocycles. The molecule has 0 radical (unpaired) electrons. The average molecular weight is 146 g/mol. The SMILES string of the molecule is CCCCCNNC(=O)O. The highest BCUT2D eigenvalue weighted by atomic mass is 16.4. The number of hydrogen-bond acceptors (Lipinski definition) is 2. The van der Waals surface area contributed by atoms with E-state index in [1.807, 2.05) is 0 Å². The summed E-state index contributed by atoms with van der Waals surface area (Å²) >= 11 is 0. The third-order valence-corrected chi connectivity index (χ3v) is 1.10. The number of carbonyl (C=O) groups is 1. The molecule has 1 amide bonds. The Morgan fingerprint density at radius 3 is 2.70 bits per heavy atom. The number of nitrogens with one attached hydrogen (secondary N) is 2. The highest BCUT2D eigenvalue weighted by Gasteiger charge is 1.89. The monoisotopic (exact) mass is 146 g/mol. The summed E-state index contributed by atoms with van der Waals surface area (Å²) in [6.45, 7) is 2.81. The summed E-state index contributed by atoms with van der Waals surface area (Å²) in [6, 6.07) is 0. The van der Waals surface area contributed by atoms with Crippen LogP contribution < -0.4 is 10.9 Å². The molecular formula is C6H14N2O2. The van der Waals surface area contributed by atoms with Gasteiger partial charge in [-0.3, -0.25) is 5.43 Å². The fraction of sp³-hybridized carbons (Fsp3) is 0.833. The number of unbranched alkanes of at least 4 members (excludes halogenated alkanes) is 2. The summed E-state index contributed by atoms with van der Waals surface area (Å²) < 4.78 is 0. The Labute approximate surface area is 60.6 Å². The topological polar surface area (TPSA) is 61.4 Å². The van der Waals surface area contributed by atoms with Crippen molar-refractivity contribution in [1.82, 2.24) is 10.9 Å². The number of carboxylic acid groups (broad SMARTS) is 1. The van der Waals surface area contributed by atoms with Gasteiger partial charge in [0, 0.05) is 6.54 Å². The van der Waals surface area contributed by atoms with E-state index < -0.39 is 6.09 Å². The Morgan fingerprint density at radius 2 is 2.20 bits per heavy atom. The van der Waals surface area contributed by atoms with E-state index >= 15 is 0 Å². The lowest BCUT2D eigenvalue weighted by Crippen LogP contribution is -2.36. The minimum absolute atomic E-state index is 0.708. The van der Waals surface area contributed by atoms with Crippen molar-refractivity contribution in [2.45, 2.75) is 26.2 Å². The molecule has 0 aromatic rings. The molecule has 0 bridgehead atoms. The van der Waals surface area contributed by atoms with E-state index in [4.69, 9.17) is 5.11 Å². The Kier molecular flexibility index (Phi) is 5.86. The summed E-state index contributed by atoms with van der Waals surface area (Å²) in [6.07, 6.45) is 2.26. The van der Waals surface area contributed by atoms with Crippen molar-refractivity contribution in [3.63, 3.8) is 0 Å². The van der Waals surface area contributed by atoms with Crippen LogP contribution in [0.25, 0.3) is 0 Å². The van der Waals surface area contributed by atoms with Gasteiger partial charge in [0.25, 0.3) is 0 Å². The molecule has 0 saturated carbocycles. The van der Waals surface area contributed by atoms with E-state index in [-0.39, 0.29) is 0 Å². The molecule has 0 atom stereocenters. The second-order valence-electron chi connectivity index (χ2n) is 2.06. The Morgan fingerprint density at radius 1 is 1.50 bits per heavy atom. The Balaban J connectivity index is 2.84. The molecule has 60 valence electrons. The van der Waals surface area contributed by atoms with Crippen LogP contribution in [0.15, 0.2) is 0 Å². The number of rotatable bonds is 5. The van der Waals surface area contributed by atoms with Gasteiger partial charge in [-0.05, 0) is 6.42 Å². The number of hydrazine groups is 1. The summed E-state index contributed by atoms with van der Waals surface area (Å²) in [4.78, 5) is 9.86. The van der Waals surface area contributed by atoms with Crippen LogP contribution in [0.3, 0.4) is 0 Å². The van der Waals surface area contributed by atoms with Crippen LogP contribution in [0, 0.1) is 0 Å². The number of hydrogen-bond donors (Lipinski definition) is 3. The summed E-state index contributed by atoms with van der Waals surface area (Å²) in [5.41, 5.74) is 4.64. The van der Waals surface area contributed by atoms with E-state index in [0.717, 1.165) is 19.3 Å². The van der Waals surface area contributed by atoms with E-state index in [9.17, 15) is 4.79 Å². The maximum Gasteiger partial charge on any atom is 0.419 e. The third kappa shape index (κ3) is 7.23. The fourth-order valence-corrected chi connectivity index (χ4v) is 0.602. The van der Waals surface area contributed by atoms with Crippen molar-refractivity contribution in [1.29, 1.82) is 0 Å². The summed E-state index contributed by atoms with van der Waals surface area (Å²) in [5.74, 6) is 0. The highest BCUT2D eigenvalue weighted by molar-refractivity contribution is 5.63. The minimum atomic E-state index is -1.03. The first-order valence-corrected chi connectivity index (χ1v) is 3.49. The quantitative estimate of drug-likeness (QED) is 0.399. The average Bonchev–Trinajstić information content (AvgIpc) is 1.87. The van der Waals surface area contributed by atoms with E-state index in [2.05, 4.69) is 17.8 Å². The van der Waals surface area contributed by atoms with Gasteiger partial charge in [-0.15, -0.1) is 0 Å². The minimum Gasteiger partial charge on any atom is -0.464 e. The standard InChI is InChI=1S/C6H14N2O2/c1-2-3-4-5-7-8-6(9)10/h7-8H,2-5H2,1H3,(H,9,10). The second kappa shape index (κ2) is 6.35. The lowest BCUT2D eigenvalue weighted by atomic mass is 10.3. The zero-order valence-corrected chi connectivity index (χ0v) is 6.18. The fourth-order valence-electron chi connectivity index (χ4n) is 0.602. The molecule has 0 aliphatic rings. The molecule has 10 heavy (non-hydrogen) atoms. The molecule has 0 fully saturated rings. The maximum atomic E-state index is 9.86. The van der Waals surface area contributed by atoms with E-state index in [1.165, 1.54) is 0 Å². The van der Waals surface area contributed by atoms with Gasteiger partial charge in [-0.2, -0.15) is 0 Å². The predicted molar refractivity (Wildman–Crippen MR) is 38.7 cm³/mol. The van der Waals surface area contributed by atoms with Gasteiger partial charge in [0.05, 0.1) is 0 Å². The zero-order valence-electron chi connectivity index (χ0n) is 6.18. The van der Waals surface area contributed by atoms with Crippen LogP contribution in [0.1, 0.15) is 26.2 Å². The molecule has 0 unspecified atom stereocenters.